The molecule has 96 valence electrons. The van der Waals surface area contributed by atoms with E-state index < -0.39 is 0 Å². The number of ketones is 1. The SMILES string of the molecule is COCCN(C)c1sc(C(C)=O)c(N)c1OC. The molecule has 0 radical (unpaired) electrons. The summed E-state index contributed by atoms with van der Waals surface area (Å²) in [5.41, 5.74) is 6.31. The molecule has 0 bridgehead atoms. The third-order valence-corrected chi connectivity index (χ3v) is 3.79. The van der Waals surface area contributed by atoms with Gasteiger partial charge < -0.3 is 20.1 Å². The molecule has 0 aliphatic carbocycles. The highest BCUT2D eigenvalue weighted by atomic mass is 32.1. The molecule has 0 aliphatic rings. The Kier molecular flexibility index (Phi) is 4.77. The van der Waals surface area contributed by atoms with Crippen molar-refractivity contribution in [1.82, 2.24) is 0 Å². The molecule has 1 heterocycles. The summed E-state index contributed by atoms with van der Waals surface area (Å²) in [6, 6.07) is 0. The lowest BCUT2D eigenvalue weighted by Crippen LogP contribution is -2.21. The summed E-state index contributed by atoms with van der Waals surface area (Å²) in [5, 5.41) is 0.854. The highest BCUT2D eigenvalue weighted by Gasteiger charge is 2.21. The fraction of sp³-hybridized carbons (Fsp3) is 0.545. The van der Waals surface area contributed by atoms with E-state index >= 15 is 0 Å². The van der Waals surface area contributed by atoms with Crippen molar-refractivity contribution in [2.45, 2.75) is 6.92 Å². The Morgan fingerprint density at radius 1 is 1.47 bits per heavy atom. The van der Waals surface area contributed by atoms with E-state index in [1.165, 1.54) is 18.3 Å². The third kappa shape index (κ3) is 2.89. The number of rotatable bonds is 6. The summed E-state index contributed by atoms with van der Waals surface area (Å²) in [7, 11) is 5.11. The number of ether oxygens (including phenoxy) is 2. The molecule has 17 heavy (non-hydrogen) atoms. The topological polar surface area (TPSA) is 64.8 Å². The Bertz CT molecular complexity index is 404. The maximum absolute atomic E-state index is 11.4. The molecule has 0 spiro atoms. The van der Waals surface area contributed by atoms with Crippen molar-refractivity contribution < 1.29 is 14.3 Å². The van der Waals surface area contributed by atoms with Crippen molar-refractivity contribution in [3.05, 3.63) is 4.88 Å². The number of thiophene rings is 1. The van der Waals surface area contributed by atoms with E-state index in [-0.39, 0.29) is 5.78 Å². The molecule has 0 aromatic carbocycles. The number of nitrogen functional groups attached to an aromatic ring is 1. The van der Waals surface area contributed by atoms with Gasteiger partial charge in [0.05, 0.1) is 24.3 Å². The van der Waals surface area contributed by atoms with Crippen LogP contribution in [0, 0.1) is 0 Å². The Morgan fingerprint density at radius 3 is 2.59 bits per heavy atom. The van der Waals surface area contributed by atoms with Crippen molar-refractivity contribution in [3.63, 3.8) is 0 Å². The molecule has 1 aromatic rings. The van der Waals surface area contributed by atoms with Gasteiger partial charge in [-0.25, -0.2) is 0 Å². The average molecular weight is 258 g/mol. The largest absolute Gasteiger partial charge is 0.492 e. The predicted molar refractivity (Wildman–Crippen MR) is 70.4 cm³/mol. The molecule has 5 nitrogen and oxygen atoms in total. The number of anilines is 2. The average Bonchev–Trinajstić information content (AvgIpc) is 2.63. The van der Waals surface area contributed by atoms with Crippen LogP contribution in [0.25, 0.3) is 0 Å². The number of hydrogen-bond acceptors (Lipinski definition) is 6. The lowest BCUT2D eigenvalue weighted by atomic mass is 10.3. The van der Waals surface area contributed by atoms with E-state index in [2.05, 4.69) is 0 Å². The molecule has 0 aliphatic heterocycles. The van der Waals surface area contributed by atoms with Crippen molar-refractivity contribution in [1.29, 1.82) is 0 Å². The lowest BCUT2D eigenvalue weighted by molar-refractivity contribution is 0.102. The van der Waals surface area contributed by atoms with Crippen molar-refractivity contribution >= 4 is 27.8 Å². The van der Waals surface area contributed by atoms with Crippen LogP contribution in [0.4, 0.5) is 10.7 Å². The van der Waals surface area contributed by atoms with Gasteiger partial charge in [-0.05, 0) is 0 Å². The number of nitrogens with zero attached hydrogens (tertiary/aromatic N) is 1. The molecule has 2 N–H and O–H groups in total. The van der Waals surface area contributed by atoms with Crippen molar-refractivity contribution in [2.24, 2.45) is 0 Å². The smallest absolute Gasteiger partial charge is 0.177 e. The Balaban J connectivity index is 3.06. The second-order valence-electron chi connectivity index (χ2n) is 3.65. The quantitative estimate of drug-likeness (QED) is 0.786. The molecular formula is C11H18N2O3S. The summed E-state index contributed by atoms with van der Waals surface area (Å²) in [4.78, 5) is 13.9. The minimum Gasteiger partial charge on any atom is -0.492 e. The second-order valence-corrected chi connectivity index (χ2v) is 4.65. The highest BCUT2D eigenvalue weighted by molar-refractivity contribution is 7.19. The van der Waals surface area contributed by atoms with Crippen LogP contribution in [-0.4, -0.2) is 40.2 Å². The fourth-order valence-corrected chi connectivity index (χ4v) is 2.53. The normalized spacial score (nSPS) is 10.4. The maximum Gasteiger partial charge on any atom is 0.177 e. The van der Waals surface area contributed by atoms with Crippen molar-refractivity contribution in [3.8, 4) is 5.75 Å². The standard InChI is InChI=1S/C11H18N2O3S/c1-7(14)10-8(12)9(16-4)11(17-10)13(2)5-6-15-3/h5-6,12H2,1-4H3. The van der Waals surface area contributed by atoms with Crippen LogP contribution >= 0.6 is 11.3 Å². The minimum absolute atomic E-state index is 0.0443. The highest BCUT2D eigenvalue weighted by Crippen LogP contribution is 2.44. The first-order valence-corrected chi connectivity index (χ1v) is 6.01. The number of nitrogens with two attached hydrogens (primary N) is 1. The fourth-order valence-electron chi connectivity index (χ4n) is 1.46. The van der Waals surface area contributed by atoms with Gasteiger partial charge in [-0.15, -0.1) is 11.3 Å². The molecule has 0 saturated heterocycles. The first-order valence-electron chi connectivity index (χ1n) is 5.20. The van der Waals surface area contributed by atoms with Gasteiger partial charge in [-0.1, -0.05) is 0 Å². The molecule has 0 fully saturated rings. The number of carbonyl (C=O) groups excluding carboxylic acids is 1. The maximum atomic E-state index is 11.4. The first kappa shape index (κ1) is 13.8. The monoisotopic (exact) mass is 258 g/mol. The molecule has 6 heteroatoms. The number of hydrogen-bond donors (Lipinski definition) is 1. The number of methoxy groups -OCH3 is 2. The van der Waals surface area contributed by atoms with E-state index in [0.29, 0.717) is 29.5 Å². The van der Waals surface area contributed by atoms with Crippen LogP contribution in [0.15, 0.2) is 0 Å². The van der Waals surface area contributed by atoms with Gasteiger partial charge in [0.1, 0.15) is 5.00 Å². The van der Waals surface area contributed by atoms with Gasteiger partial charge in [-0.3, -0.25) is 4.79 Å². The Hall–Kier alpha value is -1.27. The zero-order valence-corrected chi connectivity index (χ0v) is 11.4. The van der Waals surface area contributed by atoms with Crippen LogP contribution in [0.5, 0.6) is 5.75 Å². The van der Waals surface area contributed by atoms with Crippen molar-refractivity contribution in [2.75, 3.05) is 45.1 Å². The number of carbonyl (C=O) groups is 1. The van der Waals surface area contributed by atoms with Crippen LogP contribution in [0.2, 0.25) is 0 Å². The zero-order chi connectivity index (χ0) is 13.0. The lowest BCUT2D eigenvalue weighted by Gasteiger charge is -2.17. The number of likely N-dealkylation sites (N-methyl/N-ethyl adjacent to an activating group) is 1. The molecule has 0 saturated carbocycles. The van der Waals surface area contributed by atoms with E-state index in [9.17, 15) is 4.79 Å². The van der Waals surface area contributed by atoms with Gasteiger partial charge in [0, 0.05) is 27.6 Å². The van der Waals surface area contributed by atoms with Crippen LogP contribution in [0.1, 0.15) is 16.6 Å². The molecule has 1 rings (SSSR count). The predicted octanol–water partition coefficient (Wildman–Crippen LogP) is 1.62. The Morgan fingerprint density at radius 2 is 2.12 bits per heavy atom. The van der Waals surface area contributed by atoms with Gasteiger partial charge in [0.25, 0.3) is 0 Å². The first-order chi connectivity index (χ1) is 8.02. The molecule has 0 unspecified atom stereocenters. The molecule has 0 amide bonds. The Labute approximate surface area is 105 Å². The second kappa shape index (κ2) is 5.88. The van der Waals surface area contributed by atoms with Gasteiger partial charge in [0.15, 0.2) is 11.5 Å². The summed E-state index contributed by atoms with van der Waals surface area (Å²) < 4.78 is 10.3. The van der Waals surface area contributed by atoms with Crippen LogP contribution in [0.3, 0.4) is 0 Å². The van der Waals surface area contributed by atoms with Gasteiger partial charge in [-0.2, -0.15) is 0 Å². The summed E-state index contributed by atoms with van der Waals surface area (Å²) in [6.45, 7) is 2.82. The summed E-state index contributed by atoms with van der Waals surface area (Å²) >= 11 is 1.35. The summed E-state index contributed by atoms with van der Waals surface area (Å²) in [6.07, 6.45) is 0. The third-order valence-electron chi connectivity index (χ3n) is 2.38. The molecule has 1 aromatic heterocycles. The van der Waals surface area contributed by atoms with E-state index in [1.54, 1.807) is 14.2 Å². The van der Waals surface area contributed by atoms with E-state index in [1.807, 2.05) is 11.9 Å². The van der Waals surface area contributed by atoms with Gasteiger partial charge in [0.2, 0.25) is 0 Å². The van der Waals surface area contributed by atoms with Crippen LogP contribution < -0.4 is 15.4 Å². The van der Waals surface area contributed by atoms with E-state index in [4.69, 9.17) is 15.2 Å². The van der Waals surface area contributed by atoms with Crippen LogP contribution in [-0.2, 0) is 4.74 Å². The van der Waals surface area contributed by atoms with Gasteiger partial charge >= 0.3 is 0 Å². The van der Waals surface area contributed by atoms with E-state index in [0.717, 1.165) is 5.00 Å². The number of Topliss-reactive ketones (excluding diaryl/α,β-unsaturated/α-hetero) is 1. The zero-order valence-electron chi connectivity index (χ0n) is 10.6. The molecule has 0 atom stereocenters. The summed E-state index contributed by atoms with van der Waals surface area (Å²) in [5.74, 6) is 0.524. The molecular weight excluding hydrogens is 240 g/mol. The minimum atomic E-state index is -0.0443.